The van der Waals surface area contributed by atoms with E-state index in [1.807, 2.05) is 42.5 Å². The average molecular weight is 371 g/mol. The minimum Gasteiger partial charge on any atom is -0.399 e. The number of likely N-dealkylation sites (N-methyl/N-ethyl adjacent to an activating group) is 1. The van der Waals surface area contributed by atoms with Crippen LogP contribution in [0.4, 0.5) is 11.4 Å². The van der Waals surface area contributed by atoms with Gasteiger partial charge in [0.1, 0.15) is 0 Å². The van der Waals surface area contributed by atoms with E-state index in [0.717, 1.165) is 11.3 Å². The molecule has 0 saturated heterocycles. The molecule has 0 aliphatic carbocycles. The van der Waals surface area contributed by atoms with E-state index in [9.17, 15) is 4.79 Å². The zero-order valence-corrected chi connectivity index (χ0v) is 15.8. The molecule has 8 N–H and O–H groups in total. The van der Waals surface area contributed by atoms with Crippen LogP contribution in [-0.4, -0.2) is 44.8 Å². The van der Waals surface area contributed by atoms with Crippen molar-refractivity contribution in [2.24, 2.45) is 11.5 Å². The minimum atomic E-state index is -1.02. The van der Waals surface area contributed by atoms with Crippen LogP contribution in [-0.2, 0) is 11.2 Å². The van der Waals surface area contributed by atoms with Gasteiger partial charge >= 0.3 is 0 Å². The summed E-state index contributed by atoms with van der Waals surface area (Å²) in [5, 5.41) is 6.64. The van der Waals surface area contributed by atoms with Crippen LogP contribution in [0.25, 0.3) is 0 Å². The Morgan fingerprint density at radius 3 is 2.04 bits per heavy atom. The van der Waals surface area contributed by atoms with Crippen LogP contribution in [0.5, 0.6) is 0 Å². The largest absolute Gasteiger partial charge is 0.399 e. The number of nitrogens with two attached hydrogens (primary N) is 3. The molecule has 0 aliphatic rings. The zero-order valence-electron chi connectivity index (χ0n) is 15.8. The van der Waals surface area contributed by atoms with E-state index in [1.54, 1.807) is 24.1 Å². The molecule has 0 atom stereocenters. The Hall–Kier alpha value is -2.45. The van der Waals surface area contributed by atoms with E-state index in [2.05, 4.69) is 10.6 Å². The van der Waals surface area contributed by atoms with Gasteiger partial charge in [0.25, 0.3) is 5.91 Å². The molecule has 2 aromatic rings. The number of carbonyl (C=O) groups is 1. The second kappa shape index (κ2) is 10.0. The normalized spacial score (nSPS) is 11.4. The molecular formula is C20H30N6O. The van der Waals surface area contributed by atoms with Crippen LogP contribution in [0.2, 0.25) is 0 Å². The quantitative estimate of drug-likeness (QED) is 0.302. The van der Waals surface area contributed by atoms with Crippen LogP contribution in [0, 0.1) is 0 Å². The summed E-state index contributed by atoms with van der Waals surface area (Å²) in [7, 11) is 1.75. The van der Waals surface area contributed by atoms with E-state index in [4.69, 9.17) is 17.2 Å². The molecule has 27 heavy (non-hydrogen) atoms. The van der Waals surface area contributed by atoms with Gasteiger partial charge in [-0.3, -0.25) is 15.4 Å². The van der Waals surface area contributed by atoms with Crippen molar-refractivity contribution in [3.63, 3.8) is 0 Å². The average Bonchev–Trinajstić information content (AvgIpc) is 2.70. The molecule has 146 valence electrons. The molecule has 0 saturated carbocycles. The van der Waals surface area contributed by atoms with Gasteiger partial charge < -0.3 is 22.1 Å². The molecule has 2 rings (SSSR count). The van der Waals surface area contributed by atoms with Crippen LogP contribution < -0.4 is 32.7 Å². The fourth-order valence-electron chi connectivity index (χ4n) is 2.99. The van der Waals surface area contributed by atoms with E-state index >= 15 is 0 Å². The molecule has 0 aliphatic heterocycles. The van der Waals surface area contributed by atoms with Gasteiger partial charge in [-0.1, -0.05) is 30.3 Å². The number of nitrogen functional groups attached to an aromatic ring is 1. The standard InChI is InChI=1S/C20H30N6O/c1-26(18-9-7-17(23)8-10-18)19(27)20(24-13-11-21,25-14-12-22)15-16-5-3-2-4-6-16/h2-10,24-25H,11-15,21-23H2,1H3. The van der Waals surface area contributed by atoms with Crippen molar-refractivity contribution < 1.29 is 4.79 Å². The Morgan fingerprint density at radius 2 is 1.52 bits per heavy atom. The van der Waals surface area contributed by atoms with Crippen molar-refractivity contribution in [1.82, 2.24) is 10.6 Å². The molecule has 0 bridgehead atoms. The molecule has 2 aromatic carbocycles. The minimum absolute atomic E-state index is 0.113. The first kappa shape index (κ1) is 20.9. The lowest BCUT2D eigenvalue weighted by Gasteiger charge is -2.38. The molecule has 0 fully saturated rings. The topological polar surface area (TPSA) is 122 Å². The Bertz CT molecular complexity index is 696. The third-order valence-corrected chi connectivity index (χ3v) is 4.40. The second-order valence-electron chi connectivity index (χ2n) is 6.45. The molecule has 1 amide bonds. The van der Waals surface area contributed by atoms with Crippen molar-refractivity contribution in [3.05, 3.63) is 60.2 Å². The maximum Gasteiger partial charge on any atom is 0.262 e. The SMILES string of the molecule is CN(C(=O)C(Cc1ccccc1)(NCCN)NCCN)c1ccc(N)cc1. The van der Waals surface area contributed by atoms with Gasteiger partial charge in [-0.05, 0) is 29.8 Å². The Morgan fingerprint density at radius 1 is 0.963 bits per heavy atom. The number of carbonyl (C=O) groups excluding carboxylic acids is 1. The number of hydrogen-bond acceptors (Lipinski definition) is 6. The fourth-order valence-corrected chi connectivity index (χ4v) is 2.99. The third-order valence-electron chi connectivity index (χ3n) is 4.40. The first-order valence-electron chi connectivity index (χ1n) is 9.10. The van der Waals surface area contributed by atoms with Gasteiger partial charge in [0.2, 0.25) is 0 Å². The monoisotopic (exact) mass is 370 g/mol. The lowest BCUT2D eigenvalue weighted by atomic mass is 9.97. The van der Waals surface area contributed by atoms with Gasteiger partial charge in [0, 0.05) is 51.0 Å². The molecule has 0 unspecified atom stereocenters. The zero-order chi connectivity index (χ0) is 19.7. The number of hydrogen-bond donors (Lipinski definition) is 5. The summed E-state index contributed by atoms with van der Waals surface area (Å²) in [4.78, 5) is 15.2. The lowest BCUT2D eigenvalue weighted by molar-refractivity contribution is -0.126. The van der Waals surface area contributed by atoms with E-state index in [0.29, 0.717) is 38.3 Å². The van der Waals surface area contributed by atoms with Gasteiger partial charge in [-0.25, -0.2) is 0 Å². The molecule has 7 nitrogen and oxygen atoms in total. The van der Waals surface area contributed by atoms with Crippen molar-refractivity contribution in [2.45, 2.75) is 12.1 Å². The third kappa shape index (κ3) is 5.51. The number of anilines is 2. The van der Waals surface area contributed by atoms with Gasteiger partial charge in [0.05, 0.1) is 0 Å². The Labute approximate surface area is 160 Å². The van der Waals surface area contributed by atoms with Gasteiger partial charge in [-0.2, -0.15) is 0 Å². The summed E-state index contributed by atoms with van der Waals surface area (Å²) in [6.07, 6.45) is 0.464. The second-order valence-corrected chi connectivity index (χ2v) is 6.45. The number of nitrogens with zero attached hydrogens (tertiary/aromatic N) is 1. The van der Waals surface area contributed by atoms with Crippen molar-refractivity contribution >= 4 is 17.3 Å². The Balaban J connectivity index is 2.37. The van der Waals surface area contributed by atoms with Crippen molar-refractivity contribution in [2.75, 3.05) is 43.9 Å². The van der Waals surface area contributed by atoms with E-state index in [-0.39, 0.29) is 5.91 Å². The molecule has 0 aromatic heterocycles. The summed E-state index contributed by atoms with van der Waals surface area (Å²) in [6.45, 7) is 1.82. The maximum absolute atomic E-state index is 13.6. The summed E-state index contributed by atoms with van der Waals surface area (Å²) in [5.41, 5.74) is 18.6. The first-order chi connectivity index (χ1) is 13.0. The van der Waals surface area contributed by atoms with Crippen molar-refractivity contribution in [3.8, 4) is 0 Å². The summed E-state index contributed by atoms with van der Waals surface area (Å²) >= 11 is 0. The van der Waals surface area contributed by atoms with Gasteiger partial charge in [0.15, 0.2) is 5.66 Å². The van der Waals surface area contributed by atoms with Crippen LogP contribution in [0.1, 0.15) is 5.56 Å². The fraction of sp³-hybridized carbons (Fsp3) is 0.350. The number of nitrogens with one attached hydrogen (secondary N) is 2. The number of benzene rings is 2. The van der Waals surface area contributed by atoms with Gasteiger partial charge in [-0.15, -0.1) is 0 Å². The van der Waals surface area contributed by atoms with Crippen LogP contribution in [0.3, 0.4) is 0 Å². The van der Waals surface area contributed by atoms with Crippen LogP contribution >= 0.6 is 0 Å². The first-order valence-corrected chi connectivity index (χ1v) is 9.10. The molecular weight excluding hydrogens is 340 g/mol. The van der Waals surface area contributed by atoms with E-state index in [1.165, 1.54) is 0 Å². The Kier molecular flexibility index (Phi) is 7.75. The molecule has 0 heterocycles. The summed E-state index contributed by atoms with van der Waals surface area (Å²) in [5.74, 6) is -0.113. The number of amides is 1. The highest BCUT2D eigenvalue weighted by Gasteiger charge is 2.39. The highest BCUT2D eigenvalue weighted by Crippen LogP contribution is 2.20. The predicted octanol–water partition coefficient (Wildman–Crippen LogP) is 0.267. The van der Waals surface area contributed by atoms with E-state index < -0.39 is 5.66 Å². The summed E-state index contributed by atoms with van der Waals surface area (Å²) in [6, 6.07) is 17.1. The molecule has 0 radical (unpaired) electrons. The predicted molar refractivity (Wildman–Crippen MR) is 111 cm³/mol. The number of rotatable bonds is 10. The lowest BCUT2D eigenvalue weighted by Crippen LogP contribution is -2.68. The summed E-state index contributed by atoms with van der Waals surface area (Å²) < 4.78 is 0. The highest BCUT2D eigenvalue weighted by molar-refractivity contribution is 5.99. The van der Waals surface area contributed by atoms with Crippen LogP contribution in [0.15, 0.2) is 54.6 Å². The smallest absolute Gasteiger partial charge is 0.262 e. The highest BCUT2D eigenvalue weighted by atomic mass is 16.2. The molecule has 0 spiro atoms. The maximum atomic E-state index is 13.6. The molecule has 7 heteroatoms. The van der Waals surface area contributed by atoms with Crippen molar-refractivity contribution in [1.29, 1.82) is 0 Å².